The fourth-order valence-electron chi connectivity index (χ4n) is 3.27. The molecule has 2 fully saturated rings. The zero-order chi connectivity index (χ0) is 12.1. The van der Waals surface area contributed by atoms with Crippen molar-refractivity contribution in [1.82, 2.24) is 10.2 Å². The molecule has 2 aliphatic rings. The van der Waals surface area contributed by atoms with E-state index in [0.29, 0.717) is 6.61 Å². The summed E-state index contributed by atoms with van der Waals surface area (Å²) < 4.78 is 5.37. The highest BCUT2D eigenvalue weighted by molar-refractivity contribution is 4.95. The van der Waals surface area contributed by atoms with E-state index in [4.69, 9.17) is 9.84 Å². The molecule has 2 atom stereocenters. The Morgan fingerprint density at radius 2 is 1.94 bits per heavy atom. The fraction of sp³-hybridized carbons (Fsp3) is 1.00. The van der Waals surface area contributed by atoms with Crippen LogP contribution in [-0.4, -0.2) is 61.0 Å². The first-order valence-corrected chi connectivity index (χ1v) is 7.02. The van der Waals surface area contributed by atoms with Crippen LogP contribution in [0.5, 0.6) is 0 Å². The van der Waals surface area contributed by atoms with Crippen LogP contribution in [-0.2, 0) is 4.74 Å². The molecular formula is C13H26N2O2. The van der Waals surface area contributed by atoms with Crippen LogP contribution < -0.4 is 5.32 Å². The van der Waals surface area contributed by atoms with Gasteiger partial charge in [0.1, 0.15) is 0 Å². The van der Waals surface area contributed by atoms with Gasteiger partial charge in [-0.15, -0.1) is 0 Å². The lowest BCUT2D eigenvalue weighted by Gasteiger charge is -2.37. The van der Waals surface area contributed by atoms with Crippen LogP contribution in [0.3, 0.4) is 0 Å². The summed E-state index contributed by atoms with van der Waals surface area (Å²) in [5.41, 5.74) is 0. The van der Waals surface area contributed by atoms with E-state index in [1.54, 1.807) is 0 Å². The molecule has 2 rings (SSSR count). The molecule has 2 bridgehead atoms. The highest BCUT2D eigenvalue weighted by Crippen LogP contribution is 2.29. The molecule has 2 N–H and O–H groups in total. The van der Waals surface area contributed by atoms with Crippen LogP contribution >= 0.6 is 0 Å². The zero-order valence-electron chi connectivity index (χ0n) is 10.9. The van der Waals surface area contributed by atoms with Gasteiger partial charge in [0.25, 0.3) is 0 Å². The molecule has 0 amide bonds. The van der Waals surface area contributed by atoms with Gasteiger partial charge in [-0.05, 0) is 32.2 Å². The van der Waals surface area contributed by atoms with E-state index in [1.165, 1.54) is 25.7 Å². The predicted molar refractivity (Wildman–Crippen MR) is 68.1 cm³/mol. The third-order valence-electron chi connectivity index (χ3n) is 4.13. The molecule has 0 aromatic heterocycles. The van der Waals surface area contributed by atoms with Crippen molar-refractivity contribution in [2.45, 2.75) is 50.7 Å². The van der Waals surface area contributed by atoms with Gasteiger partial charge in [0.15, 0.2) is 0 Å². The highest BCUT2D eigenvalue weighted by atomic mass is 16.5. The van der Waals surface area contributed by atoms with Crippen LogP contribution in [0, 0.1) is 0 Å². The van der Waals surface area contributed by atoms with Gasteiger partial charge in [0.05, 0.1) is 19.8 Å². The molecule has 2 aliphatic heterocycles. The first-order valence-electron chi connectivity index (χ1n) is 7.02. The van der Waals surface area contributed by atoms with Crippen LogP contribution in [0.4, 0.5) is 0 Å². The molecule has 0 spiro atoms. The van der Waals surface area contributed by atoms with Gasteiger partial charge < -0.3 is 15.2 Å². The van der Waals surface area contributed by atoms with Crippen molar-refractivity contribution in [1.29, 1.82) is 0 Å². The SMILES string of the molecule is CCN(CCOCCO)C1CC2CCC(C1)N2. The largest absolute Gasteiger partial charge is 0.394 e. The predicted octanol–water partition coefficient (Wildman–Crippen LogP) is 0.600. The number of piperidine rings is 1. The molecule has 0 aliphatic carbocycles. The lowest BCUT2D eigenvalue weighted by atomic mass is 9.98. The van der Waals surface area contributed by atoms with E-state index in [0.717, 1.165) is 37.8 Å². The zero-order valence-corrected chi connectivity index (χ0v) is 10.9. The summed E-state index contributed by atoms with van der Waals surface area (Å²) in [6, 6.07) is 2.24. The van der Waals surface area contributed by atoms with Crippen LogP contribution in [0.1, 0.15) is 32.6 Å². The number of fused-ring (bicyclic) bond motifs is 2. The van der Waals surface area contributed by atoms with Gasteiger partial charge in [-0.2, -0.15) is 0 Å². The molecule has 100 valence electrons. The van der Waals surface area contributed by atoms with Gasteiger partial charge in [0.2, 0.25) is 0 Å². The maximum atomic E-state index is 8.67. The lowest BCUT2D eigenvalue weighted by molar-refractivity contribution is 0.0561. The third-order valence-corrected chi connectivity index (χ3v) is 4.13. The molecule has 0 radical (unpaired) electrons. The molecule has 0 saturated carbocycles. The maximum absolute atomic E-state index is 8.67. The van der Waals surface area contributed by atoms with Gasteiger partial charge >= 0.3 is 0 Å². The first kappa shape index (κ1) is 13.3. The van der Waals surface area contributed by atoms with Crippen molar-refractivity contribution in [3.8, 4) is 0 Å². The summed E-state index contributed by atoms with van der Waals surface area (Å²) in [5.74, 6) is 0. The Morgan fingerprint density at radius 3 is 2.53 bits per heavy atom. The van der Waals surface area contributed by atoms with E-state index in [-0.39, 0.29) is 6.61 Å². The minimum absolute atomic E-state index is 0.129. The summed E-state index contributed by atoms with van der Waals surface area (Å²) in [6.45, 7) is 5.68. The van der Waals surface area contributed by atoms with Crippen molar-refractivity contribution in [3.05, 3.63) is 0 Å². The standard InChI is InChI=1S/C13H26N2O2/c1-2-15(5-7-17-8-6-16)13-9-11-3-4-12(10-13)14-11/h11-14,16H,2-10H2,1H3. The number of rotatable bonds is 7. The molecule has 4 heteroatoms. The van der Waals surface area contributed by atoms with Crippen molar-refractivity contribution >= 4 is 0 Å². The smallest absolute Gasteiger partial charge is 0.0698 e. The molecule has 17 heavy (non-hydrogen) atoms. The normalized spacial score (nSPS) is 32.3. The Bertz CT molecular complexity index is 213. The summed E-state index contributed by atoms with van der Waals surface area (Å²) in [7, 11) is 0. The van der Waals surface area contributed by atoms with E-state index in [1.807, 2.05) is 0 Å². The molecule has 0 aromatic carbocycles. The average molecular weight is 242 g/mol. The highest BCUT2D eigenvalue weighted by Gasteiger charge is 2.35. The number of ether oxygens (including phenoxy) is 1. The fourth-order valence-corrected chi connectivity index (χ4v) is 3.27. The van der Waals surface area contributed by atoms with Crippen molar-refractivity contribution in [3.63, 3.8) is 0 Å². The summed E-state index contributed by atoms with van der Waals surface area (Å²) in [5, 5.41) is 12.4. The molecule has 2 saturated heterocycles. The van der Waals surface area contributed by atoms with Gasteiger partial charge in [0, 0.05) is 24.7 Å². The summed E-state index contributed by atoms with van der Waals surface area (Å²) in [6.07, 6.45) is 5.31. The molecule has 4 nitrogen and oxygen atoms in total. The maximum Gasteiger partial charge on any atom is 0.0698 e. The van der Waals surface area contributed by atoms with Gasteiger partial charge in [-0.1, -0.05) is 6.92 Å². The Morgan fingerprint density at radius 1 is 1.24 bits per heavy atom. The minimum Gasteiger partial charge on any atom is -0.394 e. The van der Waals surface area contributed by atoms with Crippen LogP contribution in [0.15, 0.2) is 0 Å². The molecule has 2 heterocycles. The van der Waals surface area contributed by atoms with E-state index >= 15 is 0 Å². The third kappa shape index (κ3) is 3.65. The van der Waals surface area contributed by atoms with Gasteiger partial charge in [-0.25, -0.2) is 0 Å². The molecule has 2 unspecified atom stereocenters. The second kappa shape index (κ2) is 6.69. The van der Waals surface area contributed by atoms with E-state index < -0.39 is 0 Å². The number of nitrogens with one attached hydrogen (secondary N) is 1. The van der Waals surface area contributed by atoms with E-state index in [2.05, 4.69) is 17.1 Å². The first-order chi connectivity index (χ1) is 8.33. The second-order valence-corrected chi connectivity index (χ2v) is 5.23. The monoisotopic (exact) mass is 242 g/mol. The number of aliphatic hydroxyl groups is 1. The number of likely N-dealkylation sites (N-methyl/N-ethyl adjacent to an activating group) is 1. The lowest BCUT2D eigenvalue weighted by Crippen LogP contribution is -2.49. The average Bonchev–Trinajstić information content (AvgIpc) is 2.68. The Hall–Kier alpha value is -0.160. The number of aliphatic hydroxyl groups excluding tert-OH is 1. The summed E-state index contributed by atoms with van der Waals surface area (Å²) >= 11 is 0. The Kier molecular flexibility index (Phi) is 5.22. The number of nitrogens with zero attached hydrogens (tertiary/aromatic N) is 1. The topological polar surface area (TPSA) is 44.7 Å². The Labute approximate surface area is 104 Å². The second-order valence-electron chi connectivity index (χ2n) is 5.23. The van der Waals surface area contributed by atoms with Crippen LogP contribution in [0.2, 0.25) is 0 Å². The van der Waals surface area contributed by atoms with Gasteiger partial charge in [-0.3, -0.25) is 4.90 Å². The van der Waals surface area contributed by atoms with Crippen molar-refractivity contribution in [2.24, 2.45) is 0 Å². The molecular weight excluding hydrogens is 216 g/mol. The van der Waals surface area contributed by atoms with Crippen molar-refractivity contribution in [2.75, 3.05) is 32.9 Å². The quantitative estimate of drug-likeness (QED) is 0.642. The van der Waals surface area contributed by atoms with Crippen molar-refractivity contribution < 1.29 is 9.84 Å². The number of hydrogen-bond donors (Lipinski definition) is 2. The van der Waals surface area contributed by atoms with Crippen LogP contribution in [0.25, 0.3) is 0 Å². The minimum atomic E-state index is 0.129. The molecule has 0 aromatic rings. The number of hydrogen-bond acceptors (Lipinski definition) is 4. The Balaban J connectivity index is 1.73. The van der Waals surface area contributed by atoms with E-state index in [9.17, 15) is 0 Å². The summed E-state index contributed by atoms with van der Waals surface area (Å²) in [4.78, 5) is 2.55.